The van der Waals surface area contributed by atoms with Gasteiger partial charge in [-0.1, -0.05) is 0 Å². The number of hydrogen-bond acceptors (Lipinski definition) is 3. The highest BCUT2D eigenvalue weighted by atomic mass is 19.2. The van der Waals surface area contributed by atoms with E-state index in [2.05, 4.69) is 16.1 Å². The van der Waals surface area contributed by atoms with Crippen LogP contribution in [-0.2, 0) is 13.0 Å². The highest BCUT2D eigenvalue weighted by Gasteiger charge is 2.24. The van der Waals surface area contributed by atoms with Gasteiger partial charge in [-0.05, 0) is 19.2 Å². The standard InChI is InChI=1S/C14H12F2N4/c1-19-5-4-14-10(8-19)13(7-17)18-20(14)9-2-3-11(15)12(16)6-9/h2-3,6H,4-5,8H2,1H3. The summed E-state index contributed by atoms with van der Waals surface area (Å²) >= 11 is 0. The Labute approximate surface area is 114 Å². The molecule has 1 aromatic heterocycles. The molecule has 6 heteroatoms. The van der Waals surface area contributed by atoms with Gasteiger partial charge in [0, 0.05) is 31.1 Å². The third-order valence-corrected chi connectivity index (χ3v) is 3.50. The average Bonchev–Trinajstić information content (AvgIpc) is 2.79. The summed E-state index contributed by atoms with van der Waals surface area (Å²) < 4.78 is 27.9. The van der Waals surface area contributed by atoms with Crippen molar-refractivity contribution in [3.05, 3.63) is 46.8 Å². The Bertz CT molecular complexity index is 715. The van der Waals surface area contributed by atoms with Gasteiger partial charge in [0.1, 0.15) is 6.07 Å². The van der Waals surface area contributed by atoms with Crippen LogP contribution in [0.15, 0.2) is 18.2 Å². The van der Waals surface area contributed by atoms with Gasteiger partial charge in [-0.3, -0.25) is 0 Å². The topological polar surface area (TPSA) is 44.9 Å². The predicted molar refractivity (Wildman–Crippen MR) is 68.2 cm³/mol. The maximum absolute atomic E-state index is 13.4. The molecule has 1 aliphatic rings. The van der Waals surface area contributed by atoms with Crippen molar-refractivity contribution in [1.29, 1.82) is 5.26 Å². The first-order chi connectivity index (χ1) is 9.60. The van der Waals surface area contributed by atoms with Crippen LogP contribution < -0.4 is 0 Å². The normalized spacial score (nSPS) is 14.9. The number of halogens is 2. The lowest BCUT2D eigenvalue weighted by atomic mass is 10.1. The summed E-state index contributed by atoms with van der Waals surface area (Å²) in [5.41, 5.74) is 2.54. The SMILES string of the molecule is CN1CCc2c(c(C#N)nn2-c2ccc(F)c(F)c2)C1. The molecule has 102 valence electrons. The largest absolute Gasteiger partial charge is 0.302 e. The second kappa shape index (κ2) is 4.69. The van der Waals surface area contributed by atoms with E-state index in [4.69, 9.17) is 5.26 Å². The van der Waals surface area contributed by atoms with Crippen molar-refractivity contribution in [3.63, 3.8) is 0 Å². The lowest BCUT2D eigenvalue weighted by molar-refractivity contribution is 0.310. The number of nitriles is 1. The molecule has 0 radical (unpaired) electrons. The summed E-state index contributed by atoms with van der Waals surface area (Å²) in [5.74, 6) is -1.81. The molecule has 0 bridgehead atoms. The summed E-state index contributed by atoms with van der Waals surface area (Å²) in [6.07, 6.45) is 0.722. The molecular formula is C14H12F2N4. The lowest BCUT2D eigenvalue weighted by Crippen LogP contribution is -2.27. The Morgan fingerprint density at radius 1 is 1.30 bits per heavy atom. The molecule has 0 saturated heterocycles. The fourth-order valence-corrected chi connectivity index (χ4v) is 2.47. The van der Waals surface area contributed by atoms with E-state index in [1.54, 1.807) is 4.68 Å². The van der Waals surface area contributed by atoms with Gasteiger partial charge in [0.25, 0.3) is 0 Å². The quantitative estimate of drug-likeness (QED) is 0.799. The number of likely N-dealkylation sites (N-methyl/N-ethyl adjacent to an activating group) is 1. The minimum Gasteiger partial charge on any atom is -0.302 e. The van der Waals surface area contributed by atoms with Gasteiger partial charge in [-0.2, -0.15) is 10.4 Å². The highest BCUT2D eigenvalue weighted by Crippen LogP contribution is 2.25. The monoisotopic (exact) mass is 274 g/mol. The molecule has 0 aliphatic carbocycles. The molecule has 2 heterocycles. The van der Waals surface area contributed by atoms with Gasteiger partial charge in [0.2, 0.25) is 0 Å². The first-order valence-electron chi connectivity index (χ1n) is 6.25. The van der Waals surface area contributed by atoms with E-state index in [1.807, 2.05) is 7.05 Å². The molecule has 0 unspecified atom stereocenters. The molecule has 0 atom stereocenters. The van der Waals surface area contributed by atoms with Gasteiger partial charge >= 0.3 is 0 Å². The first kappa shape index (κ1) is 12.8. The Balaban J connectivity index is 2.15. The number of fused-ring (bicyclic) bond motifs is 1. The fraction of sp³-hybridized carbons (Fsp3) is 0.286. The molecule has 2 aromatic rings. The highest BCUT2D eigenvalue weighted by molar-refractivity contribution is 5.43. The fourth-order valence-electron chi connectivity index (χ4n) is 2.47. The van der Waals surface area contributed by atoms with Crippen LogP contribution in [0.1, 0.15) is 17.0 Å². The molecule has 1 aliphatic heterocycles. The third-order valence-electron chi connectivity index (χ3n) is 3.50. The van der Waals surface area contributed by atoms with Crippen molar-refractivity contribution in [1.82, 2.24) is 14.7 Å². The van der Waals surface area contributed by atoms with Crippen LogP contribution in [0, 0.1) is 23.0 Å². The molecule has 1 aromatic carbocycles. The molecule has 3 rings (SSSR count). The Morgan fingerprint density at radius 3 is 2.80 bits per heavy atom. The van der Waals surface area contributed by atoms with Crippen LogP contribution >= 0.6 is 0 Å². The van der Waals surface area contributed by atoms with Crippen molar-refractivity contribution < 1.29 is 8.78 Å². The summed E-state index contributed by atoms with van der Waals surface area (Å²) in [6, 6.07) is 5.70. The Hall–Kier alpha value is -2.26. The van der Waals surface area contributed by atoms with E-state index >= 15 is 0 Å². The van der Waals surface area contributed by atoms with Crippen molar-refractivity contribution >= 4 is 0 Å². The summed E-state index contributed by atoms with van der Waals surface area (Å²) in [5, 5.41) is 13.4. The van der Waals surface area contributed by atoms with Gasteiger partial charge in [-0.25, -0.2) is 13.5 Å². The van der Waals surface area contributed by atoms with Crippen LogP contribution in [0.25, 0.3) is 5.69 Å². The van der Waals surface area contributed by atoms with Gasteiger partial charge in [0.05, 0.1) is 11.4 Å². The zero-order valence-corrected chi connectivity index (χ0v) is 10.9. The second-order valence-electron chi connectivity index (χ2n) is 4.88. The van der Waals surface area contributed by atoms with Crippen LogP contribution in [0.3, 0.4) is 0 Å². The number of benzene rings is 1. The summed E-state index contributed by atoms with van der Waals surface area (Å²) in [4.78, 5) is 2.10. The van der Waals surface area contributed by atoms with Crippen molar-refractivity contribution in [3.8, 4) is 11.8 Å². The van der Waals surface area contributed by atoms with Crippen molar-refractivity contribution in [2.75, 3.05) is 13.6 Å². The summed E-state index contributed by atoms with van der Waals surface area (Å²) in [7, 11) is 1.97. The maximum Gasteiger partial charge on any atom is 0.167 e. The molecule has 4 nitrogen and oxygen atoms in total. The lowest BCUT2D eigenvalue weighted by Gasteiger charge is -2.23. The Kier molecular flexibility index (Phi) is 2.99. The van der Waals surface area contributed by atoms with Gasteiger partial charge < -0.3 is 4.90 Å². The number of aromatic nitrogens is 2. The predicted octanol–water partition coefficient (Wildman–Crippen LogP) is 2.01. The first-order valence-corrected chi connectivity index (χ1v) is 6.25. The third kappa shape index (κ3) is 1.96. The molecule has 0 amide bonds. The molecule has 0 fully saturated rings. The minimum atomic E-state index is -0.918. The average molecular weight is 274 g/mol. The number of nitrogens with zero attached hydrogens (tertiary/aromatic N) is 4. The minimum absolute atomic E-state index is 0.344. The van der Waals surface area contributed by atoms with Crippen LogP contribution in [0.5, 0.6) is 0 Å². The molecule has 0 N–H and O–H groups in total. The molecular weight excluding hydrogens is 262 g/mol. The van der Waals surface area contributed by atoms with E-state index in [0.29, 0.717) is 17.9 Å². The molecule has 20 heavy (non-hydrogen) atoms. The molecule has 0 spiro atoms. The number of hydrogen-bond donors (Lipinski definition) is 0. The number of rotatable bonds is 1. The van der Waals surface area contributed by atoms with Gasteiger partial charge in [0.15, 0.2) is 17.3 Å². The van der Waals surface area contributed by atoms with E-state index in [1.165, 1.54) is 6.07 Å². The van der Waals surface area contributed by atoms with Crippen LogP contribution in [0.4, 0.5) is 8.78 Å². The van der Waals surface area contributed by atoms with Crippen LogP contribution in [-0.4, -0.2) is 28.3 Å². The van der Waals surface area contributed by atoms with Gasteiger partial charge in [-0.15, -0.1) is 0 Å². The van der Waals surface area contributed by atoms with Crippen molar-refractivity contribution in [2.24, 2.45) is 0 Å². The van der Waals surface area contributed by atoms with E-state index in [0.717, 1.165) is 36.4 Å². The zero-order valence-electron chi connectivity index (χ0n) is 10.9. The zero-order chi connectivity index (χ0) is 14.3. The van der Waals surface area contributed by atoms with Crippen LogP contribution in [0.2, 0.25) is 0 Å². The smallest absolute Gasteiger partial charge is 0.167 e. The van der Waals surface area contributed by atoms with E-state index in [9.17, 15) is 8.78 Å². The maximum atomic E-state index is 13.4. The van der Waals surface area contributed by atoms with E-state index < -0.39 is 11.6 Å². The van der Waals surface area contributed by atoms with Crippen molar-refractivity contribution in [2.45, 2.75) is 13.0 Å². The van der Waals surface area contributed by atoms with E-state index in [-0.39, 0.29) is 0 Å². The Morgan fingerprint density at radius 2 is 2.10 bits per heavy atom. The summed E-state index contributed by atoms with van der Waals surface area (Å²) in [6.45, 7) is 1.48. The second-order valence-corrected chi connectivity index (χ2v) is 4.88. The molecule has 0 saturated carbocycles.